The van der Waals surface area contributed by atoms with Crippen LogP contribution in [0.25, 0.3) is 12.2 Å². The minimum Gasteiger partial charge on any atom is -0.493 e. The second-order valence-electron chi connectivity index (χ2n) is 4.21. The maximum atomic E-state index is 5.59. The SMILES string of the molecule is CCOc1ccccc1C=Cc1ccc(C)cc1. The van der Waals surface area contributed by atoms with Gasteiger partial charge in [0.05, 0.1) is 6.61 Å². The number of hydrogen-bond donors (Lipinski definition) is 0. The van der Waals surface area contributed by atoms with Gasteiger partial charge in [0.2, 0.25) is 0 Å². The van der Waals surface area contributed by atoms with Gasteiger partial charge >= 0.3 is 0 Å². The standard InChI is InChI=1S/C17H18O/c1-3-18-17-7-5-4-6-16(17)13-12-15-10-8-14(2)9-11-15/h4-13H,3H2,1-2H3. The summed E-state index contributed by atoms with van der Waals surface area (Å²) < 4.78 is 5.59. The third-order valence-electron chi connectivity index (χ3n) is 2.75. The summed E-state index contributed by atoms with van der Waals surface area (Å²) in [6.07, 6.45) is 4.20. The molecule has 0 aromatic heterocycles. The Kier molecular flexibility index (Phi) is 4.19. The van der Waals surface area contributed by atoms with Crippen molar-refractivity contribution in [3.8, 4) is 5.75 Å². The maximum absolute atomic E-state index is 5.59. The number of benzene rings is 2. The van der Waals surface area contributed by atoms with Crippen LogP contribution in [0.2, 0.25) is 0 Å². The molecule has 0 amide bonds. The zero-order valence-corrected chi connectivity index (χ0v) is 10.9. The van der Waals surface area contributed by atoms with Crippen molar-refractivity contribution in [2.75, 3.05) is 6.61 Å². The highest BCUT2D eigenvalue weighted by Crippen LogP contribution is 2.20. The van der Waals surface area contributed by atoms with E-state index in [4.69, 9.17) is 4.74 Å². The molecular weight excluding hydrogens is 220 g/mol. The molecule has 0 aliphatic carbocycles. The number of rotatable bonds is 4. The van der Waals surface area contributed by atoms with E-state index >= 15 is 0 Å². The van der Waals surface area contributed by atoms with Crippen molar-refractivity contribution >= 4 is 12.2 Å². The molecule has 2 aromatic rings. The normalized spacial score (nSPS) is 10.8. The fourth-order valence-electron chi connectivity index (χ4n) is 1.77. The van der Waals surface area contributed by atoms with Crippen LogP contribution in [0.1, 0.15) is 23.6 Å². The van der Waals surface area contributed by atoms with Crippen molar-refractivity contribution in [1.82, 2.24) is 0 Å². The van der Waals surface area contributed by atoms with Gasteiger partial charge in [-0.25, -0.2) is 0 Å². The van der Waals surface area contributed by atoms with E-state index < -0.39 is 0 Å². The third kappa shape index (κ3) is 3.24. The van der Waals surface area contributed by atoms with Crippen LogP contribution in [0.4, 0.5) is 0 Å². The monoisotopic (exact) mass is 238 g/mol. The van der Waals surface area contributed by atoms with Crippen molar-refractivity contribution < 1.29 is 4.74 Å². The molecule has 0 N–H and O–H groups in total. The van der Waals surface area contributed by atoms with Crippen LogP contribution < -0.4 is 4.74 Å². The molecule has 0 atom stereocenters. The Balaban J connectivity index is 2.20. The fourth-order valence-corrected chi connectivity index (χ4v) is 1.77. The zero-order chi connectivity index (χ0) is 12.8. The molecule has 0 radical (unpaired) electrons. The lowest BCUT2D eigenvalue weighted by Crippen LogP contribution is -1.92. The molecule has 0 aliphatic rings. The van der Waals surface area contributed by atoms with Crippen molar-refractivity contribution in [3.05, 3.63) is 65.2 Å². The molecule has 0 saturated heterocycles. The van der Waals surface area contributed by atoms with Crippen LogP contribution in [0.5, 0.6) is 5.75 Å². The zero-order valence-electron chi connectivity index (χ0n) is 10.9. The van der Waals surface area contributed by atoms with Gasteiger partial charge in [0.1, 0.15) is 5.75 Å². The van der Waals surface area contributed by atoms with Gasteiger partial charge in [0.25, 0.3) is 0 Å². The Morgan fingerprint density at radius 2 is 1.67 bits per heavy atom. The lowest BCUT2D eigenvalue weighted by Gasteiger charge is -2.06. The molecule has 0 fully saturated rings. The van der Waals surface area contributed by atoms with Gasteiger partial charge in [0.15, 0.2) is 0 Å². The quantitative estimate of drug-likeness (QED) is 0.709. The van der Waals surface area contributed by atoms with Gasteiger partial charge in [-0.3, -0.25) is 0 Å². The molecule has 0 aliphatic heterocycles. The van der Waals surface area contributed by atoms with Crippen LogP contribution in [0.3, 0.4) is 0 Å². The summed E-state index contributed by atoms with van der Waals surface area (Å²) in [6.45, 7) is 4.79. The number of hydrogen-bond acceptors (Lipinski definition) is 1. The number of aryl methyl sites for hydroxylation is 1. The molecule has 0 spiro atoms. The van der Waals surface area contributed by atoms with Gasteiger partial charge in [-0.05, 0) is 25.5 Å². The summed E-state index contributed by atoms with van der Waals surface area (Å²) in [5.41, 5.74) is 3.59. The smallest absolute Gasteiger partial charge is 0.126 e. The average molecular weight is 238 g/mol. The highest BCUT2D eigenvalue weighted by molar-refractivity contribution is 5.72. The summed E-state index contributed by atoms with van der Waals surface area (Å²) in [5.74, 6) is 0.934. The van der Waals surface area contributed by atoms with Crippen molar-refractivity contribution in [1.29, 1.82) is 0 Å². The molecule has 92 valence electrons. The van der Waals surface area contributed by atoms with Crippen molar-refractivity contribution in [2.24, 2.45) is 0 Å². The molecule has 18 heavy (non-hydrogen) atoms. The lowest BCUT2D eigenvalue weighted by molar-refractivity contribution is 0.339. The number of para-hydroxylation sites is 1. The summed E-state index contributed by atoms with van der Waals surface area (Å²) >= 11 is 0. The molecule has 0 saturated carbocycles. The first-order valence-electron chi connectivity index (χ1n) is 6.26. The topological polar surface area (TPSA) is 9.23 Å². The van der Waals surface area contributed by atoms with E-state index in [1.54, 1.807) is 0 Å². The number of ether oxygens (including phenoxy) is 1. The highest BCUT2D eigenvalue weighted by Gasteiger charge is 1.97. The van der Waals surface area contributed by atoms with Crippen LogP contribution in [0, 0.1) is 6.92 Å². The maximum Gasteiger partial charge on any atom is 0.126 e. The molecule has 1 heteroatoms. The Bertz CT molecular complexity index is 524. The first kappa shape index (κ1) is 12.4. The Hall–Kier alpha value is -2.02. The highest BCUT2D eigenvalue weighted by atomic mass is 16.5. The first-order chi connectivity index (χ1) is 8.79. The largest absolute Gasteiger partial charge is 0.493 e. The predicted molar refractivity (Wildman–Crippen MR) is 77.7 cm³/mol. The van der Waals surface area contributed by atoms with Crippen molar-refractivity contribution in [2.45, 2.75) is 13.8 Å². The van der Waals surface area contributed by atoms with Gasteiger partial charge in [0, 0.05) is 5.56 Å². The van der Waals surface area contributed by atoms with Gasteiger partial charge < -0.3 is 4.74 Å². The van der Waals surface area contributed by atoms with Crippen molar-refractivity contribution in [3.63, 3.8) is 0 Å². The fraction of sp³-hybridized carbons (Fsp3) is 0.176. The van der Waals surface area contributed by atoms with E-state index in [-0.39, 0.29) is 0 Å². The molecular formula is C17H18O. The summed E-state index contributed by atoms with van der Waals surface area (Å²) in [7, 11) is 0. The average Bonchev–Trinajstić information content (AvgIpc) is 2.40. The molecule has 2 rings (SSSR count). The lowest BCUT2D eigenvalue weighted by atomic mass is 10.1. The van der Waals surface area contributed by atoms with Crippen LogP contribution >= 0.6 is 0 Å². The molecule has 2 aromatic carbocycles. The molecule has 0 unspecified atom stereocenters. The van der Waals surface area contributed by atoms with Crippen LogP contribution in [-0.4, -0.2) is 6.61 Å². The second kappa shape index (κ2) is 6.06. The Morgan fingerprint density at radius 1 is 0.944 bits per heavy atom. The summed E-state index contributed by atoms with van der Waals surface area (Å²) in [4.78, 5) is 0. The van der Waals surface area contributed by atoms with Crippen LogP contribution in [-0.2, 0) is 0 Å². The third-order valence-corrected chi connectivity index (χ3v) is 2.75. The Labute approximate surface area is 109 Å². The van der Waals surface area contributed by atoms with E-state index in [2.05, 4.69) is 49.4 Å². The second-order valence-corrected chi connectivity index (χ2v) is 4.21. The molecule has 0 heterocycles. The first-order valence-corrected chi connectivity index (χ1v) is 6.26. The minimum absolute atomic E-state index is 0.690. The van der Waals surface area contributed by atoms with Gasteiger partial charge in [-0.15, -0.1) is 0 Å². The van der Waals surface area contributed by atoms with Gasteiger partial charge in [-0.2, -0.15) is 0 Å². The minimum atomic E-state index is 0.690. The predicted octanol–water partition coefficient (Wildman–Crippen LogP) is 4.56. The van der Waals surface area contributed by atoms with Crippen LogP contribution in [0.15, 0.2) is 48.5 Å². The van der Waals surface area contributed by atoms with E-state index in [0.717, 1.165) is 11.3 Å². The molecule has 1 nitrogen and oxygen atoms in total. The van der Waals surface area contributed by atoms with E-state index in [1.165, 1.54) is 11.1 Å². The van der Waals surface area contributed by atoms with E-state index in [9.17, 15) is 0 Å². The van der Waals surface area contributed by atoms with E-state index in [1.807, 2.05) is 25.1 Å². The summed E-state index contributed by atoms with van der Waals surface area (Å²) in [5, 5.41) is 0. The summed E-state index contributed by atoms with van der Waals surface area (Å²) in [6, 6.07) is 16.6. The Morgan fingerprint density at radius 3 is 2.39 bits per heavy atom. The van der Waals surface area contributed by atoms with E-state index in [0.29, 0.717) is 6.61 Å². The molecule has 0 bridgehead atoms. The van der Waals surface area contributed by atoms with Gasteiger partial charge in [-0.1, -0.05) is 60.2 Å².